The number of rotatable bonds is 4. The molecule has 0 bridgehead atoms. The smallest absolute Gasteiger partial charge is 0.164 e. The van der Waals surface area contributed by atoms with Crippen LogP contribution in [-0.2, 0) is 5.41 Å². The molecule has 0 aliphatic heterocycles. The highest BCUT2D eigenvalue weighted by molar-refractivity contribution is 7.26. The fourth-order valence-corrected chi connectivity index (χ4v) is 8.32. The van der Waals surface area contributed by atoms with E-state index < -0.39 is 0 Å². The Labute approximate surface area is 271 Å². The number of hydrogen-bond donors (Lipinski definition) is 0. The zero-order valence-electron chi connectivity index (χ0n) is 25.5. The molecular weight excluding hydrogens is 579 g/mol. The summed E-state index contributed by atoms with van der Waals surface area (Å²) in [5.41, 5.74) is 10.5. The Bertz CT molecular complexity index is 2380. The lowest BCUT2D eigenvalue weighted by molar-refractivity contribution is 0.660. The average Bonchev–Trinajstić information content (AvgIpc) is 3.60. The Morgan fingerprint density at radius 1 is 0.457 bits per heavy atom. The number of thiophene rings is 1. The van der Waals surface area contributed by atoms with Crippen LogP contribution in [0.2, 0.25) is 0 Å². The fraction of sp³-hybridized carbons (Fsp3) is 0.0714. The molecular formula is C42H29N3S. The van der Waals surface area contributed by atoms with Gasteiger partial charge in [0.05, 0.1) is 0 Å². The van der Waals surface area contributed by atoms with Crippen molar-refractivity contribution in [3.63, 3.8) is 0 Å². The third-order valence-electron chi connectivity index (χ3n) is 9.36. The van der Waals surface area contributed by atoms with Gasteiger partial charge in [-0.3, -0.25) is 0 Å². The van der Waals surface area contributed by atoms with Crippen LogP contribution in [0, 0.1) is 0 Å². The van der Waals surface area contributed by atoms with Crippen molar-refractivity contribution in [3.8, 4) is 56.4 Å². The van der Waals surface area contributed by atoms with Gasteiger partial charge in [-0.05, 0) is 46.0 Å². The van der Waals surface area contributed by atoms with E-state index >= 15 is 0 Å². The molecule has 2 aromatic heterocycles. The topological polar surface area (TPSA) is 38.7 Å². The van der Waals surface area contributed by atoms with Gasteiger partial charge in [-0.1, -0.05) is 135 Å². The van der Waals surface area contributed by atoms with E-state index in [9.17, 15) is 0 Å². The SMILES string of the molecule is CC1(C)c2ccccc2-c2ccc(-c3c(-c4nc(-c5ccccc5)nc(-c5ccccc5)n4)ccc4c3sc3ccccc34)cc21. The molecule has 0 saturated heterocycles. The Morgan fingerprint density at radius 3 is 1.78 bits per heavy atom. The minimum atomic E-state index is -0.107. The van der Waals surface area contributed by atoms with Crippen molar-refractivity contribution in [3.05, 3.63) is 151 Å². The molecule has 218 valence electrons. The van der Waals surface area contributed by atoms with Crippen LogP contribution < -0.4 is 0 Å². The molecule has 0 spiro atoms. The van der Waals surface area contributed by atoms with Crippen molar-refractivity contribution in [2.45, 2.75) is 19.3 Å². The Morgan fingerprint density at radius 2 is 1.04 bits per heavy atom. The molecule has 0 radical (unpaired) electrons. The van der Waals surface area contributed by atoms with Gasteiger partial charge in [0.15, 0.2) is 17.5 Å². The number of nitrogens with zero attached hydrogens (tertiary/aromatic N) is 3. The van der Waals surface area contributed by atoms with E-state index in [2.05, 4.69) is 117 Å². The predicted octanol–water partition coefficient (Wildman–Crippen LogP) is 11.2. The molecule has 3 nitrogen and oxygen atoms in total. The first kappa shape index (κ1) is 26.9. The minimum Gasteiger partial charge on any atom is -0.208 e. The summed E-state index contributed by atoms with van der Waals surface area (Å²) in [6.07, 6.45) is 0. The maximum atomic E-state index is 5.16. The second kappa shape index (κ2) is 10.3. The first-order valence-corrected chi connectivity index (χ1v) is 16.4. The minimum absolute atomic E-state index is 0.107. The molecule has 1 aliphatic rings. The van der Waals surface area contributed by atoms with E-state index in [-0.39, 0.29) is 5.41 Å². The second-order valence-electron chi connectivity index (χ2n) is 12.4. The largest absolute Gasteiger partial charge is 0.208 e. The van der Waals surface area contributed by atoms with Crippen LogP contribution in [0.3, 0.4) is 0 Å². The molecule has 6 aromatic carbocycles. The zero-order chi connectivity index (χ0) is 30.8. The maximum absolute atomic E-state index is 5.16. The van der Waals surface area contributed by atoms with Crippen LogP contribution in [0.5, 0.6) is 0 Å². The van der Waals surface area contributed by atoms with E-state index in [1.165, 1.54) is 48.0 Å². The molecule has 46 heavy (non-hydrogen) atoms. The predicted molar refractivity (Wildman–Crippen MR) is 192 cm³/mol. The first-order chi connectivity index (χ1) is 22.6. The quantitative estimate of drug-likeness (QED) is 0.200. The molecule has 0 N–H and O–H groups in total. The fourth-order valence-electron chi connectivity index (χ4n) is 7.05. The highest BCUT2D eigenvalue weighted by atomic mass is 32.1. The molecule has 8 aromatic rings. The first-order valence-electron chi connectivity index (χ1n) is 15.6. The number of benzene rings is 6. The lowest BCUT2D eigenvalue weighted by atomic mass is 9.81. The maximum Gasteiger partial charge on any atom is 0.164 e. The second-order valence-corrected chi connectivity index (χ2v) is 13.5. The highest BCUT2D eigenvalue weighted by Gasteiger charge is 2.35. The molecule has 2 heterocycles. The van der Waals surface area contributed by atoms with E-state index in [1.54, 1.807) is 0 Å². The van der Waals surface area contributed by atoms with Crippen molar-refractivity contribution in [2.75, 3.05) is 0 Å². The van der Waals surface area contributed by atoms with Crippen LogP contribution in [0.15, 0.2) is 140 Å². The molecule has 0 fully saturated rings. The van der Waals surface area contributed by atoms with Gasteiger partial charge in [0.2, 0.25) is 0 Å². The van der Waals surface area contributed by atoms with Gasteiger partial charge < -0.3 is 0 Å². The zero-order valence-corrected chi connectivity index (χ0v) is 26.3. The summed E-state index contributed by atoms with van der Waals surface area (Å²) in [6, 6.07) is 49.4. The van der Waals surface area contributed by atoms with E-state index in [1.807, 2.05) is 47.7 Å². The van der Waals surface area contributed by atoms with Crippen LogP contribution >= 0.6 is 11.3 Å². The number of fused-ring (bicyclic) bond motifs is 6. The van der Waals surface area contributed by atoms with Gasteiger partial charge in [0, 0.05) is 47.8 Å². The lowest BCUT2D eigenvalue weighted by Crippen LogP contribution is -2.14. The van der Waals surface area contributed by atoms with E-state index in [0.717, 1.165) is 22.3 Å². The number of hydrogen-bond acceptors (Lipinski definition) is 4. The monoisotopic (exact) mass is 607 g/mol. The highest BCUT2D eigenvalue weighted by Crippen LogP contribution is 2.51. The van der Waals surface area contributed by atoms with Crippen LogP contribution in [0.1, 0.15) is 25.0 Å². The number of aromatic nitrogens is 3. The lowest BCUT2D eigenvalue weighted by Gasteiger charge is -2.22. The average molecular weight is 608 g/mol. The summed E-state index contributed by atoms with van der Waals surface area (Å²) in [5, 5.41) is 2.53. The standard InChI is InChI=1S/C42H29N3S/c1-42(2)34-19-11-9-17-29(34)30-22-21-28(25-35(30)42)37-33(24-23-32-31-18-10-12-20-36(31)46-38(32)37)41-44-39(26-13-5-3-6-14-26)43-40(45-41)27-15-7-4-8-16-27/h3-25H,1-2H3. The molecule has 9 rings (SSSR count). The molecule has 0 unspecified atom stereocenters. The van der Waals surface area contributed by atoms with Crippen molar-refractivity contribution in [2.24, 2.45) is 0 Å². The summed E-state index contributed by atoms with van der Waals surface area (Å²) in [5.74, 6) is 2.00. The third-order valence-corrected chi connectivity index (χ3v) is 10.6. The Balaban J connectivity index is 1.34. The van der Waals surface area contributed by atoms with Crippen LogP contribution in [-0.4, -0.2) is 15.0 Å². The summed E-state index contributed by atoms with van der Waals surface area (Å²) >= 11 is 1.84. The van der Waals surface area contributed by atoms with Gasteiger partial charge in [0.1, 0.15) is 0 Å². The van der Waals surface area contributed by atoms with Gasteiger partial charge in [0.25, 0.3) is 0 Å². The Kier molecular flexibility index (Phi) is 6.02. The van der Waals surface area contributed by atoms with E-state index in [0.29, 0.717) is 17.5 Å². The molecule has 0 amide bonds. The summed E-state index contributed by atoms with van der Waals surface area (Å²) in [4.78, 5) is 15.3. The van der Waals surface area contributed by atoms with Crippen molar-refractivity contribution in [1.29, 1.82) is 0 Å². The summed E-state index contributed by atoms with van der Waals surface area (Å²) in [7, 11) is 0. The van der Waals surface area contributed by atoms with E-state index in [4.69, 9.17) is 15.0 Å². The molecule has 4 heteroatoms. The third kappa shape index (κ3) is 4.14. The Hall–Kier alpha value is -5.45. The van der Waals surface area contributed by atoms with Gasteiger partial charge in [-0.15, -0.1) is 11.3 Å². The van der Waals surface area contributed by atoms with Crippen molar-refractivity contribution >= 4 is 31.5 Å². The summed E-state index contributed by atoms with van der Waals surface area (Å²) < 4.78 is 2.52. The van der Waals surface area contributed by atoms with Gasteiger partial charge in [-0.2, -0.15) is 0 Å². The van der Waals surface area contributed by atoms with Crippen molar-refractivity contribution in [1.82, 2.24) is 15.0 Å². The molecule has 0 saturated carbocycles. The van der Waals surface area contributed by atoms with Crippen molar-refractivity contribution < 1.29 is 0 Å². The summed E-state index contributed by atoms with van der Waals surface area (Å²) in [6.45, 7) is 4.68. The van der Waals surface area contributed by atoms with Crippen LogP contribution in [0.25, 0.3) is 76.6 Å². The van der Waals surface area contributed by atoms with Crippen LogP contribution in [0.4, 0.5) is 0 Å². The molecule has 1 aliphatic carbocycles. The molecule has 0 atom stereocenters. The van der Waals surface area contributed by atoms with Gasteiger partial charge in [-0.25, -0.2) is 15.0 Å². The normalized spacial score (nSPS) is 13.2. The van der Waals surface area contributed by atoms with Gasteiger partial charge >= 0.3 is 0 Å².